The molecule has 1 N–H and O–H groups in total. The first-order valence-corrected chi connectivity index (χ1v) is 7.64. The third kappa shape index (κ3) is 2.71. The smallest absolute Gasteiger partial charge is 0.105 e. The van der Waals surface area contributed by atoms with Crippen LogP contribution in [0, 0.1) is 13.8 Å². The van der Waals surface area contributed by atoms with Gasteiger partial charge in [0.15, 0.2) is 0 Å². The molecule has 1 aromatic heterocycles. The molecule has 1 saturated carbocycles. The molecule has 3 heteroatoms. The minimum absolute atomic E-state index is 0.386. The van der Waals surface area contributed by atoms with Crippen LogP contribution in [0.25, 0.3) is 0 Å². The molecule has 2 nitrogen and oxygen atoms in total. The fourth-order valence-electron chi connectivity index (χ4n) is 2.55. The number of rotatable bonds is 5. The van der Waals surface area contributed by atoms with Crippen molar-refractivity contribution in [3.05, 3.63) is 23.2 Å². The third-order valence-corrected chi connectivity index (χ3v) is 5.39. The fraction of sp³-hybridized carbons (Fsp3) is 0.714. The quantitative estimate of drug-likeness (QED) is 0.863. The first kappa shape index (κ1) is 13.0. The predicted octanol–water partition coefficient (Wildman–Crippen LogP) is 3.83. The molecule has 0 radical (unpaired) electrons. The summed E-state index contributed by atoms with van der Waals surface area (Å²) in [6, 6.07) is 2.54. The van der Waals surface area contributed by atoms with E-state index in [1.165, 1.54) is 24.8 Å². The zero-order valence-corrected chi connectivity index (χ0v) is 12.1. The number of hydrogen-bond acceptors (Lipinski definition) is 3. The van der Waals surface area contributed by atoms with Crippen molar-refractivity contribution in [3.63, 3.8) is 0 Å². The molecule has 1 fully saturated rings. The number of aryl methyl sites for hydroxylation is 2. The summed E-state index contributed by atoms with van der Waals surface area (Å²) in [5.74, 6) is 2.06. The number of furan rings is 1. The number of thioether (sulfide) groups is 1. The number of nitrogens with one attached hydrogen (secondary N) is 1. The fourth-order valence-corrected chi connectivity index (χ4v) is 3.48. The lowest BCUT2D eigenvalue weighted by molar-refractivity contribution is 0.333. The molecule has 0 amide bonds. The molecule has 0 spiro atoms. The molecule has 96 valence electrons. The van der Waals surface area contributed by atoms with Crippen molar-refractivity contribution in [2.75, 3.05) is 12.8 Å². The molecule has 1 aliphatic carbocycles. The molecule has 1 unspecified atom stereocenters. The Morgan fingerprint density at radius 3 is 2.59 bits per heavy atom. The van der Waals surface area contributed by atoms with E-state index in [9.17, 15) is 0 Å². The van der Waals surface area contributed by atoms with Gasteiger partial charge < -0.3 is 9.73 Å². The number of hydrogen-bond donors (Lipinski definition) is 1. The van der Waals surface area contributed by atoms with Crippen molar-refractivity contribution >= 4 is 11.8 Å². The highest BCUT2D eigenvalue weighted by atomic mass is 32.2. The summed E-state index contributed by atoms with van der Waals surface area (Å²) in [5.41, 5.74) is 1.30. The second kappa shape index (κ2) is 5.07. The maximum Gasteiger partial charge on any atom is 0.105 e. The van der Waals surface area contributed by atoms with Crippen LogP contribution in [-0.2, 0) is 0 Å². The highest BCUT2D eigenvalue weighted by Gasteiger charge is 2.36. The van der Waals surface area contributed by atoms with Crippen LogP contribution in [0.3, 0.4) is 0 Å². The van der Waals surface area contributed by atoms with Gasteiger partial charge in [-0.25, -0.2) is 0 Å². The van der Waals surface area contributed by atoms with Crippen molar-refractivity contribution in [1.29, 1.82) is 0 Å². The molecule has 0 saturated heterocycles. The maximum absolute atomic E-state index is 5.59. The van der Waals surface area contributed by atoms with Gasteiger partial charge in [0, 0.05) is 22.9 Å². The average molecular weight is 253 g/mol. The molecule has 0 aromatic carbocycles. The van der Waals surface area contributed by atoms with E-state index >= 15 is 0 Å². The third-order valence-electron chi connectivity index (χ3n) is 3.97. The molecule has 1 aromatic rings. The Balaban J connectivity index is 1.93. The van der Waals surface area contributed by atoms with E-state index in [-0.39, 0.29) is 0 Å². The van der Waals surface area contributed by atoms with E-state index in [0.29, 0.717) is 10.8 Å². The second-order valence-electron chi connectivity index (χ2n) is 5.21. The summed E-state index contributed by atoms with van der Waals surface area (Å²) < 4.78 is 6.09. The van der Waals surface area contributed by atoms with E-state index < -0.39 is 0 Å². The van der Waals surface area contributed by atoms with E-state index in [1.54, 1.807) is 0 Å². The summed E-state index contributed by atoms with van der Waals surface area (Å²) in [6.45, 7) is 7.40. The van der Waals surface area contributed by atoms with Gasteiger partial charge >= 0.3 is 0 Å². The second-order valence-corrected chi connectivity index (χ2v) is 6.49. The largest absolute Gasteiger partial charge is 0.466 e. The van der Waals surface area contributed by atoms with Gasteiger partial charge in [0.05, 0.1) is 0 Å². The van der Waals surface area contributed by atoms with Gasteiger partial charge in [-0.2, -0.15) is 11.8 Å². The Morgan fingerprint density at radius 1 is 1.47 bits per heavy atom. The van der Waals surface area contributed by atoms with Crippen LogP contribution in [0.2, 0.25) is 0 Å². The predicted molar refractivity (Wildman–Crippen MR) is 74.7 cm³/mol. The monoisotopic (exact) mass is 253 g/mol. The molecular weight excluding hydrogens is 230 g/mol. The standard InChI is InChI=1S/C14H23NOS/c1-10-8-13(12(3)16-10)11(2)15-9-14(17-4)6-5-7-14/h8,11,15H,5-7,9H2,1-4H3. The highest BCUT2D eigenvalue weighted by Crippen LogP contribution is 2.42. The zero-order valence-electron chi connectivity index (χ0n) is 11.3. The first-order chi connectivity index (χ1) is 8.06. The Kier molecular flexibility index (Phi) is 3.88. The Labute approximate surface area is 109 Å². The van der Waals surface area contributed by atoms with Crippen LogP contribution in [0.1, 0.15) is 49.3 Å². The molecular formula is C14H23NOS. The lowest BCUT2D eigenvalue weighted by Crippen LogP contribution is -2.44. The van der Waals surface area contributed by atoms with Crippen LogP contribution >= 0.6 is 11.8 Å². The van der Waals surface area contributed by atoms with Crippen LogP contribution in [0.15, 0.2) is 10.5 Å². The molecule has 2 rings (SSSR count). The highest BCUT2D eigenvalue weighted by molar-refractivity contribution is 8.00. The van der Waals surface area contributed by atoms with Crippen LogP contribution in [0.4, 0.5) is 0 Å². The molecule has 0 aliphatic heterocycles. The topological polar surface area (TPSA) is 25.2 Å². The van der Waals surface area contributed by atoms with Crippen molar-refractivity contribution in [2.45, 2.75) is 50.8 Å². The summed E-state index contributed by atoms with van der Waals surface area (Å²) in [7, 11) is 0. The minimum Gasteiger partial charge on any atom is -0.466 e. The Bertz CT molecular complexity index is 376. The summed E-state index contributed by atoms with van der Waals surface area (Å²) in [6.07, 6.45) is 6.34. The van der Waals surface area contributed by atoms with Crippen molar-refractivity contribution < 1.29 is 4.42 Å². The Morgan fingerprint density at radius 2 is 2.18 bits per heavy atom. The van der Waals surface area contributed by atoms with E-state index in [0.717, 1.165) is 18.1 Å². The summed E-state index contributed by atoms with van der Waals surface area (Å²) in [5, 5.41) is 3.67. The van der Waals surface area contributed by atoms with Crippen molar-refractivity contribution in [2.24, 2.45) is 0 Å². The van der Waals surface area contributed by atoms with Gasteiger partial charge in [-0.15, -0.1) is 0 Å². The molecule has 17 heavy (non-hydrogen) atoms. The van der Waals surface area contributed by atoms with Gasteiger partial charge in [-0.3, -0.25) is 0 Å². The van der Waals surface area contributed by atoms with Gasteiger partial charge in [0.2, 0.25) is 0 Å². The van der Waals surface area contributed by atoms with Gasteiger partial charge in [-0.1, -0.05) is 6.42 Å². The average Bonchev–Trinajstić information content (AvgIpc) is 2.57. The molecule has 1 heterocycles. The van der Waals surface area contributed by atoms with Crippen LogP contribution in [-0.4, -0.2) is 17.5 Å². The van der Waals surface area contributed by atoms with Gasteiger partial charge in [0.25, 0.3) is 0 Å². The van der Waals surface area contributed by atoms with Gasteiger partial charge in [0.1, 0.15) is 11.5 Å². The molecule has 1 aliphatic rings. The van der Waals surface area contributed by atoms with Gasteiger partial charge in [-0.05, 0) is 45.9 Å². The first-order valence-electron chi connectivity index (χ1n) is 6.42. The Hall–Kier alpha value is -0.410. The van der Waals surface area contributed by atoms with E-state index in [4.69, 9.17) is 4.42 Å². The lowest BCUT2D eigenvalue weighted by atomic mass is 9.84. The minimum atomic E-state index is 0.386. The molecule has 0 bridgehead atoms. The lowest BCUT2D eigenvalue weighted by Gasteiger charge is -2.41. The SMILES string of the molecule is CSC1(CNC(C)c2cc(C)oc2C)CCC1. The zero-order chi connectivity index (χ0) is 12.5. The summed E-state index contributed by atoms with van der Waals surface area (Å²) in [4.78, 5) is 0. The molecule has 1 atom stereocenters. The van der Waals surface area contributed by atoms with Crippen LogP contribution in [0.5, 0.6) is 0 Å². The maximum atomic E-state index is 5.59. The van der Waals surface area contributed by atoms with E-state index in [1.807, 2.05) is 25.6 Å². The van der Waals surface area contributed by atoms with Crippen molar-refractivity contribution in [1.82, 2.24) is 5.32 Å². The normalized spacial score (nSPS) is 20.0. The van der Waals surface area contributed by atoms with Crippen molar-refractivity contribution in [3.8, 4) is 0 Å². The van der Waals surface area contributed by atoms with Crippen LogP contribution < -0.4 is 5.32 Å². The summed E-state index contributed by atoms with van der Waals surface area (Å²) >= 11 is 2.02. The van der Waals surface area contributed by atoms with E-state index in [2.05, 4.69) is 24.6 Å².